The third-order valence-corrected chi connectivity index (χ3v) is 40.0. The summed E-state index contributed by atoms with van der Waals surface area (Å²) in [7, 11) is -9.24. The van der Waals surface area contributed by atoms with Crippen LogP contribution in [0.3, 0.4) is 0 Å². The molecule has 2 N–H and O–H groups in total. The number of hydrogen-bond acceptors (Lipinski definition) is 18. The average Bonchev–Trinajstić information content (AvgIpc) is 1.23. The first-order valence-corrected chi connectivity index (χ1v) is 40.0. The van der Waals surface area contributed by atoms with E-state index in [0.717, 1.165) is 11.1 Å². The quantitative estimate of drug-likeness (QED) is 0.0850. The summed E-state index contributed by atoms with van der Waals surface area (Å²) in [4.78, 5) is 39.0. The van der Waals surface area contributed by atoms with Crippen molar-refractivity contribution in [3.05, 3.63) is 95.1 Å². The van der Waals surface area contributed by atoms with Crippen molar-refractivity contribution in [3.63, 3.8) is 0 Å². The number of amides is 2. The van der Waals surface area contributed by atoms with Crippen LogP contribution in [-0.2, 0) is 77.4 Å². The molecule has 2 amide bonds. The number of β-lactam (4-membered cyclic amide) rings is 2. The summed E-state index contributed by atoms with van der Waals surface area (Å²) in [6, 6.07) is 23.8. The van der Waals surface area contributed by atoms with Gasteiger partial charge >= 0.3 is 34.2 Å². The summed E-state index contributed by atoms with van der Waals surface area (Å²) in [5, 5.41) is 46.2. The van der Waals surface area contributed by atoms with Crippen LogP contribution in [0.4, 0.5) is 0 Å². The lowest BCUT2D eigenvalue weighted by Gasteiger charge is -2.60. The minimum atomic E-state index is -3.17. The molecule has 2 aromatic rings. The molecule has 0 aromatic heterocycles. The number of benzene rings is 2. The number of nitrogens with zero attached hydrogens (tertiary/aromatic N) is 4. The van der Waals surface area contributed by atoms with E-state index in [2.05, 4.69) is 123 Å². The number of fused-ring (bicyclic) bond motifs is 5. The smallest absolute Gasteiger partial charge is 0.335 e. The van der Waals surface area contributed by atoms with Crippen molar-refractivity contribution in [2.24, 2.45) is 0 Å². The van der Waals surface area contributed by atoms with Crippen molar-refractivity contribution in [2.45, 2.75) is 267 Å². The molecule has 5 aliphatic heterocycles. The molecular weight excluding hydrogens is 1220 g/mol. The fourth-order valence-corrected chi connectivity index (χ4v) is 36.8. The summed E-state index contributed by atoms with van der Waals surface area (Å²) in [6.45, 7) is 41.2. The maximum atomic E-state index is 13.4. The molecule has 90 heavy (non-hydrogen) atoms. The molecule has 9 rings (SSSR count). The predicted molar refractivity (Wildman–Crippen MR) is 348 cm³/mol. The summed E-state index contributed by atoms with van der Waals surface area (Å²) in [5.74, 6) is -1.83. The molecule has 8 atom stereocenters. The number of nitriles is 2. The molecule has 2 aliphatic carbocycles. The summed E-state index contributed by atoms with van der Waals surface area (Å²) < 4.78 is 66.5. The predicted octanol–water partition coefficient (Wildman–Crippen LogP) is 12.0. The standard InChI is InChI=1S/C32H48N2O7Si2.C29H44N2O7Si2.C5H12O2/c1-21(2)42(22(3)4)38-28-29(39-43(41-42,23(5)6)24(7)8)32(26(18-33)16-31(28)20-36-30(9,10)40-31)17-27(35)34(32)37-19-25-14-12-11-13-15-25;1-19(2)39(20(3)4)36-26-27(37-40(38-39,21(5)6)22(7)8)29(24(16-30)14-28(26,34)18-32)15-25(33)31(29)35-17-23-12-10-9-11-13-23;1-5(2,6-3)7-4/h11-16,21-24,28-29H,17,19-20H2,1-10H3;9-14,19-22,26-27,32,34H,15,17-18H2,1-8H3;1-4H3. The maximum absolute atomic E-state index is 13.4. The minimum absolute atomic E-state index is 0.00656. The molecular formula is C66H104N4O16Si4. The third kappa shape index (κ3) is 12.9. The Kier molecular flexibility index (Phi) is 22.5. The summed E-state index contributed by atoms with van der Waals surface area (Å²) in [5.41, 5.74) is -3.03. The fraction of sp³-hybridized carbons (Fsp3) is 0.697. The Balaban J connectivity index is 0.000000232. The molecule has 3 spiro atoms. The molecule has 2 aromatic carbocycles. The SMILES string of the molecule is CC(C)[Si]1(C(C)C)OC2C(O[Si](C(C)C)(C(C)C)O1)C1(CC(=O)N1OCc1ccccc1)C(C#N)=CC2(O)CO.CC(C)[Si]1(C(C)C)OC2C(O[Si](C(C)C)(C(C)C)O1)C1(CC(=O)N1OCc1ccccc1)C(C#N)=CC21COC(C)(C)O1.COC(C)(C)OC. The Hall–Kier alpha value is -3.85. The first-order valence-electron chi connectivity index (χ1n) is 32.1. The van der Waals surface area contributed by atoms with E-state index in [1.54, 1.807) is 14.2 Å². The van der Waals surface area contributed by atoms with E-state index in [1.165, 1.54) is 16.2 Å². The molecule has 0 radical (unpaired) electrons. The van der Waals surface area contributed by atoms with E-state index in [-0.39, 0.29) is 94.4 Å². The van der Waals surface area contributed by atoms with Crippen LogP contribution >= 0.6 is 0 Å². The highest BCUT2D eigenvalue weighted by Crippen LogP contribution is 2.60. The van der Waals surface area contributed by atoms with Gasteiger partial charge in [-0.3, -0.25) is 19.3 Å². The number of aliphatic hydroxyl groups is 2. The van der Waals surface area contributed by atoms with Crippen LogP contribution in [0.1, 0.15) is 162 Å². The van der Waals surface area contributed by atoms with Crippen molar-refractivity contribution in [3.8, 4) is 12.1 Å². The number of carbonyl (C=O) groups is 2. The van der Waals surface area contributed by atoms with Gasteiger partial charge in [0.25, 0.3) is 0 Å². The zero-order valence-corrected chi connectivity index (χ0v) is 61.5. The minimum Gasteiger partial charge on any atom is -0.414 e. The van der Waals surface area contributed by atoms with Crippen LogP contribution in [0, 0.1) is 22.7 Å². The largest absolute Gasteiger partial charge is 0.414 e. The molecule has 5 heterocycles. The van der Waals surface area contributed by atoms with Crippen molar-refractivity contribution in [2.75, 3.05) is 27.4 Å². The molecule has 0 bridgehead atoms. The molecule has 5 saturated heterocycles. The first-order chi connectivity index (χ1) is 41.9. The highest BCUT2D eigenvalue weighted by atomic mass is 28.5. The lowest BCUT2D eigenvalue weighted by atomic mass is 9.65. The number of aliphatic hydroxyl groups excluding tert-OH is 1. The molecule has 7 aliphatic rings. The topological polar surface area (TPSA) is 239 Å². The van der Waals surface area contributed by atoms with Crippen LogP contribution in [0.25, 0.3) is 0 Å². The molecule has 8 unspecified atom stereocenters. The number of ether oxygens (including phenoxy) is 4. The van der Waals surface area contributed by atoms with Crippen LogP contribution in [0.15, 0.2) is 84.0 Å². The van der Waals surface area contributed by atoms with E-state index in [0.29, 0.717) is 5.57 Å². The zero-order chi connectivity index (χ0) is 67.2. The molecule has 5 fully saturated rings. The summed E-state index contributed by atoms with van der Waals surface area (Å²) in [6.07, 6.45) is -0.378. The van der Waals surface area contributed by atoms with E-state index in [4.69, 9.17) is 54.6 Å². The molecule has 20 nitrogen and oxygen atoms in total. The second-order valence-electron chi connectivity index (χ2n) is 28.6. The Labute approximate surface area is 540 Å². The van der Waals surface area contributed by atoms with Crippen molar-refractivity contribution >= 4 is 46.1 Å². The van der Waals surface area contributed by atoms with Gasteiger partial charge in [0.05, 0.1) is 49.3 Å². The van der Waals surface area contributed by atoms with Gasteiger partial charge in [0, 0.05) is 14.2 Å². The first kappa shape index (κ1) is 73.6. The fourth-order valence-electron chi connectivity index (χ4n) is 14.1. The van der Waals surface area contributed by atoms with Gasteiger partial charge in [-0.1, -0.05) is 171 Å². The Morgan fingerprint density at radius 3 is 1.19 bits per heavy atom. The Morgan fingerprint density at radius 2 is 0.900 bits per heavy atom. The molecule has 0 saturated carbocycles. The monoisotopic (exact) mass is 1320 g/mol. The van der Waals surface area contributed by atoms with Gasteiger partial charge < -0.3 is 55.1 Å². The Morgan fingerprint density at radius 1 is 0.567 bits per heavy atom. The number of hydroxylamine groups is 4. The lowest BCUT2D eigenvalue weighted by molar-refractivity contribution is -0.285. The third-order valence-electron chi connectivity index (χ3n) is 19.5. The van der Waals surface area contributed by atoms with Crippen LogP contribution in [0.2, 0.25) is 44.3 Å². The number of hydrogen-bond donors (Lipinski definition) is 2. The van der Waals surface area contributed by atoms with Crippen LogP contribution < -0.4 is 0 Å². The van der Waals surface area contributed by atoms with Gasteiger partial charge in [-0.05, 0) is 95.3 Å². The van der Waals surface area contributed by atoms with Crippen LogP contribution in [-0.4, -0.2) is 152 Å². The Bertz CT molecular complexity index is 2950. The second kappa shape index (κ2) is 27.5. The highest BCUT2D eigenvalue weighted by molar-refractivity contribution is 6.85. The number of carbonyl (C=O) groups excluding carboxylic acids is 2. The van der Waals surface area contributed by atoms with Gasteiger partial charge in [0.15, 0.2) is 11.6 Å². The van der Waals surface area contributed by atoms with Crippen molar-refractivity contribution in [1.29, 1.82) is 10.5 Å². The normalized spacial score (nSPS) is 30.5. The van der Waals surface area contributed by atoms with Crippen LogP contribution in [0.5, 0.6) is 0 Å². The van der Waals surface area contributed by atoms with Gasteiger partial charge in [0.2, 0.25) is 11.8 Å². The average molecular weight is 1320 g/mol. The van der Waals surface area contributed by atoms with E-state index >= 15 is 0 Å². The summed E-state index contributed by atoms with van der Waals surface area (Å²) >= 11 is 0. The highest BCUT2D eigenvalue weighted by Gasteiger charge is 2.76. The molecule has 500 valence electrons. The van der Waals surface area contributed by atoms with E-state index in [1.807, 2.05) is 94.4 Å². The number of methoxy groups -OCH3 is 2. The van der Waals surface area contributed by atoms with Crippen molar-refractivity contribution in [1.82, 2.24) is 10.1 Å². The van der Waals surface area contributed by atoms with Crippen molar-refractivity contribution < 1.29 is 74.4 Å². The van der Waals surface area contributed by atoms with Gasteiger partial charge in [-0.15, -0.1) is 0 Å². The maximum Gasteiger partial charge on any atom is 0.335 e. The van der Waals surface area contributed by atoms with Gasteiger partial charge in [0.1, 0.15) is 59.9 Å². The zero-order valence-electron chi connectivity index (χ0n) is 57.5. The van der Waals surface area contributed by atoms with Gasteiger partial charge in [-0.25, -0.2) is 10.1 Å². The molecule has 24 heteroatoms. The lowest BCUT2D eigenvalue weighted by Crippen LogP contribution is -2.78. The van der Waals surface area contributed by atoms with Gasteiger partial charge in [-0.2, -0.15) is 10.5 Å². The van der Waals surface area contributed by atoms with E-state index < -0.39 is 99.1 Å². The number of rotatable bonds is 17. The van der Waals surface area contributed by atoms with E-state index in [9.17, 15) is 30.3 Å². The second-order valence-corrected chi connectivity index (χ2v) is 46.2.